The highest BCUT2D eigenvalue weighted by Crippen LogP contribution is 2.03. The molecule has 1 atom stereocenters. The van der Waals surface area contributed by atoms with Crippen LogP contribution in [0.2, 0.25) is 0 Å². The molecule has 1 unspecified atom stereocenters. The van der Waals surface area contributed by atoms with E-state index in [9.17, 15) is 14.7 Å². The number of carboxylic acid groups (broad SMARTS) is 1. The molecule has 1 amide bonds. The fraction of sp³-hybridized carbons (Fsp3) is 0.750. The van der Waals surface area contributed by atoms with Gasteiger partial charge in [-0.2, -0.15) is 0 Å². The third-order valence-electron chi connectivity index (χ3n) is 3.34. The van der Waals surface area contributed by atoms with E-state index in [-0.39, 0.29) is 25.4 Å². The average molecular weight is 330 g/mol. The summed E-state index contributed by atoms with van der Waals surface area (Å²) in [4.78, 5) is 23.5. The quantitative estimate of drug-likeness (QED) is 0.212. The van der Waals surface area contributed by atoms with Crippen LogP contribution in [0.4, 0.5) is 0 Å². The third-order valence-corrected chi connectivity index (χ3v) is 3.34. The molecule has 0 rings (SSSR count). The molecule has 0 heterocycles. The second kappa shape index (κ2) is 14.2. The monoisotopic (exact) mass is 330 g/mol. The Hall–Kier alpha value is -1.44. The summed E-state index contributed by atoms with van der Waals surface area (Å²) >= 11 is 0. The summed E-state index contributed by atoms with van der Waals surface area (Å²) in [7, 11) is 0. The highest BCUT2D eigenvalue weighted by atomic mass is 16.4. The third kappa shape index (κ3) is 12.8. The lowest BCUT2D eigenvalue weighted by Crippen LogP contribution is -2.45. The molecule has 0 fully saturated rings. The van der Waals surface area contributed by atoms with Gasteiger partial charge in [0.05, 0.1) is 13.2 Å². The van der Waals surface area contributed by atoms with Crippen LogP contribution < -0.4 is 5.32 Å². The number of rotatable bonds is 14. The Bertz CT molecular complexity index is 360. The van der Waals surface area contributed by atoms with Crippen molar-refractivity contribution in [2.75, 3.05) is 26.2 Å². The van der Waals surface area contributed by atoms with E-state index in [2.05, 4.69) is 12.2 Å². The lowest BCUT2D eigenvalue weighted by atomic mass is 10.1. The van der Waals surface area contributed by atoms with Gasteiger partial charge in [0.15, 0.2) is 0 Å². The van der Waals surface area contributed by atoms with Crippen molar-refractivity contribution in [1.82, 2.24) is 10.2 Å². The predicted molar refractivity (Wildman–Crippen MR) is 87.8 cm³/mol. The molecule has 0 aliphatic heterocycles. The number of amides is 1. The Kier molecular flexibility index (Phi) is 13.3. The number of aliphatic carboxylic acids is 1. The van der Waals surface area contributed by atoms with Crippen molar-refractivity contribution in [3.8, 4) is 0 Å². The maximum absolute atomic E-state index is 11.6. The minimum Gasteiger partial charge on any atom is -0.480 e. The first-order valence-corrected chi connectivity index (χ1v) is 8.17. The molecule has 0 aromatic rings. The minimum atomic E-state index is -1.24. The molecule has 0 saturated carbocycles. The number of carbonyl (C=O) groups excluding carboxylic acids is 1. The van der Waals surface area contributed by atoms with Crippen molar-refractivity contribution in [2.45, 2.75) is 51.7 Å². The summed E-state index contributed by atoms with van der Waals surface area (Å²) < 4.78 is 0. The number of allylic oxidation sites excluding steroid dienone is 1. The highest BCUT2D eigenvalue weighted by Gasteiger charge is 2.17. The fourth-order valence-electron chi connectivity index (χ4n) is 2.03. The summed E-state index contributed by atoms with van der Waals surface area (Å²) in [5, 5.41) is 29.7. The summed E-state index contributed by atoms with van der Waals surface area (Å²) in [5.74, 6) is -1.25. The van der Waals surface area contributed by atoms with Crippen molar-refractivity contribution < 1.29 is 24.9 Å². The topological polar surface area (TPSA) is 110 Å². The van der Waals surface area contributed by atoms with Crippen LogP contribution in [0.3, 0.4) is 0 Å². The number of aliphatic hydroxyl groups excluding tert-OH is 2. The van der Waals surface area contributed by atoms with E-state index in [1.165, 1.54) is 24.2 Å². The van der Waals surface area contributed by atoms with Gasteiger partial charge in [0.2, 0.25) is 5.91 Å². The van der Waals surface area contributed by atoms with Gasteiger partial charge in [0.1, 0.15) is 6.23 Å². The summed E-state index contributed by atoms with van der Waals surface area (Å²) in [5.41, 5.74) is 0. The Morgan fingerprint density at radius 2 is 1.96 bits per heavy atom. The van der Waals surface area contributed by atoms with E-state index < -0.39 is 25.3 Å². The molecule has 0 spiro atoms. The maximum Gasteiger partial charge on any atom is 0.317 e. The first-order valence-electron chi connectivity index (χ1n) is 8.17. The molecule has 0 aliphatic rings. The van der Waals surface area contributed by atoms with Crippen LogP contribution in [0.1, 0.15) is 45.4 Å². The smallest absolute Gasteiger partial charge is 0.317 e. The van der Waals surface area contributed by atoms with Crippen LogP contribution in [-0.4, -0.2) is 64.6 Å². The van der Waals surface area contributed by atoms with E-state index in [4.69, 9.17) is 10.2 Å². The van der Waals surface area contributed by atoms with Crippen molar-refractivity contribution in [3.05, 3.63) is 12.2 Å². The molecule has 23 heavy (non-hydrogen) atoms. The molecule has 0 aromatic carbocycles. The second-order valence-electron chi connectivity index (χ2n) is 5.40. The van der Waals surface area contributed by atoms with E-state index >= 15 is 0 Å². The molecule has 4 N–H and O–H groups in total. The normalized spacial score (nSPS) is 12.7. The lowest BCUT2D eigenvalue weighted by molar-refractivity contribution is -0.142. The Balaban J connectivity index is 3.85. The van der Waals surface area contributed by atoms with Crippen LogP contribution in [0.5, 0.6) is 0 Å². The summed E-state index contributed by atoms with van der Waals surface area (Å²) in [6, 6.07) is 0. The van der Waals surface area contributed by atoms with Gasteiger partial charge < -0.3 is 20.6 Å². The van der Waals surface area contributed by atoms with Crippen LogP contribution in [0.25, 0.3) is 0 Å². The number of hydrogen-bond donors (Lipinski definition) is 4. The van der Waals surface area contributed by atoms with Crippen molar-refractivity contribution in [1.29, 1.82) is 0 Å². The van der Waals surface area contributed by atoms with E-state index in [0.717, 1.165) is 12.8 Å². The maximum atomic E-state index is 11.6. The van der Waals surface area contributed by atoms with Crippen LogP contribution in [0, 0.1) is 0 Å². The molecule has 0 radical (unpaired) electrons. The number of nitrogens with zero attached hydrogens (tertiary/aromatic N) is 1. The highest BCUT2D eigenvalue weighted by molar-refractivity contribution is 5.77. The number of carboxylic acids is 1. The summed E-state index contributed by atoms with van der Waals surface area (Å²) in [6.07, 6.45) is 8.63. The number of hydrogen-bond acceptors (Lipinski definition) is 5. The Morgan fingerprint density at radius 3 is 2.57 bits per heavy atom. The Morgan fingerprint density at radius 1 is 1.22 bits per heavy atom. The van der Waals surface area contributed by atoms with Crippen LogP contribution >= 0.6 is 0 Å². The standard InChI is InChI=1S/C16H30N2O5/c1-2-3-4-5-6-7-8-9-14(20)17-10-11-18(12-16(22)23)15(21)13-19/h7-8,15,19,21H,2-6,9-13H2,1H3,(H,17,20)(H,22,23)/b8-7+. The fourth-order valence-corrected chi connectivity index (χ4v) is 2.03. The molecule has 0 saturated heterocycles. The zero-order valence-corrected chi connectivity index (χ0v) is 13.9. The van der Waals surface area contributed by atoms with E-state index in [0.29, 0.717) is 0 Å². The van der Waals surface area contributed by atoms with Gasteiger partial charge in [-0.1, -0.05) is 38.3 Å². The van der Waals surface area contributed by atoms with Gasteiger partial charge in [0.25, 0.3) is 0 Å². The molecule has 7 heteroatoms. The number of unbranched alkanes of at least 4 members (excludes halogenated alkanes) is 4. The predicted octanol–water partition coefficient (Wildman–Crippen LogP) is 0.717. The first kappa shape index (κ1) is 21.6. The molecule has 0 aliphatic carbocycles. The zero-order chi connectivity index (χ0) is 17.5. The van der Waals surface area contributed by atoms with Crippen molar-refractivity contribution >= 4 is 11.9 Å². The zero-order valence-electron chi connectivity index (χ0n) is 13.9. The molecule has 7 nitrogen and oxygen atoms in total. The molecular weight excluding hydrogens is 300 g/mol. The number of nitrogens with one attached hydrogen (secondary N) is 1. The number of carbonyl (C=O) groups is 2. The average Bonchev–Trinajstić information content (AvgIpc) is 2.52. The van der Waals surface area contributed by atoms with Gasteiger partial charge in [-0.05, 0) is 12.8 Å². The number of aliphatic hydroxyl groups is 2. The Labute approximate surface area is 138 Å². The SMILES string of the molecule is CCCCCC/C=C/CC(=O)NCCN(CC(=O)O)C(O)CO. The van der Waals surface area contributed by atoms with E-state index in [1.807, 2.05) is 12.2 Å². The van der Waals surface area contributed by atoms with Gasteiger partial charge >= 0.3 is 5.97 Å². The molecular formula is C16H30N2O5. The van der Waals surface area contributed by atoms with Crippen molar-refractivity contribution in [2.24, 2.45) is 0 Å². The molecule has 0 bridgehead atoms. The minimum absolute atomic E-state index is 0.149. The van der Waals surface area contributed by atoms with Gasteiger partial charge in [-0.3, -0.25) is 14.5 Å². The van der Waals surface area contributed by atoms with E-state index in [1.54, 1.807) is 0 Å². The van der Waals surface area contributed by atoms with Gasteiger partial charge in [0, 0.05) is 19.5 Å². The van der Waals surface area contributed by atoms with Crippen LogP contribution in [-0.2, 0) is 9.59 Å². The van der Waals surface area contributed by atoms with Gasteiger partial charge in [-0.25, -0.2) is 0 Å². The van der Waals surface area contributed by atoms with Crippen LogP contribution in [0.15, 0.2) is 12.2 Å². The lowest BCUT2D eigenvalue weighted by Gasteiger charge is -2.24. The molecule has 134 valence electrons. The summed E-state index contributed by atoms with van der Waals surface area (Å²) in [6.45, 7) is 1.59. The second-order valence-corrected chi connectivity index (χ2v) is 5.40. The largest absolute Gasteiger partial charge is 0.480 e. The van der Waals surface area contributed by atoms with Crippen molar-refractivity contribution in [3.63, 3.8) is 0 Å². The first-order chi connectivity index (χ1) is 11.0. The van der Waals surface area contributed by atoms with Gasteiger partial charge in [-0.15, -0.1) is 0 Å². The molecule has 0 aromatic heterocycles.